The van der Waals surface area contributed by atoms with Gasteiger partial charge >= 0.3 is 0 Å². The molecule has 16 heavy (non-hydrogen) atoms. The van der Waals surface area contributed by atoms with Crippen molar-refractivity contribution in [2.45, 2.75) is 32.4 Å². The summed E-state index contributed by atoms with van der Waals surface area (Å²) in [6.45, 7) is 3.63. The first-order valence-electron chi connectivity index (χ1n) is 5.35. The van der Waals surface area contributed by atoms with Crippen LogP contribution >= 0.6 is 15.9 Å². The van der Waals surface area contributed by atoms with Crippen LogP contribution in [0, 0.1) is 0 Å². The summed E-state index contributed by atoms with van der Waals surface area (Å²) in [6, 6.07) is 6.08. The Kier molecular flexibility index (Phi) is 3.04. The first kappa shape index (κ1) is 11.6. The number of carbonyl (C=O) groups excluding carboxylic acids is 1. The molecule has 0 fully saturated rings. The molecule has 2 rings (SSSR count). The molecular weight excluding hydrogens is 268 g/mol. The van der Waals surface area contributed by atoms with E-state index in [4.69, 9.17) is 5.73 Å². The molecule has 2 N–H and O–H groups in total. The van der Waals surface area contributed by atoms with Gasteiger partial charge in [-0.25, -0.2) is 0 Å². The Morgan fingerprint density at radius 3 is 2.88 bits per heavy atom. The standard InChI is InChI=1S/C12H15BrN2O/c1-7-5-11(14)10-6-9(13)3-4-12(10)15(7)8(2)16/h3-4,6-7,11H,5,14H2,1-2H3/t7-,11+/m1/s1. The van der Waals surface area contributed by atoms with E-state index in [9.17, 15) is 4.79 Å². The van der Waals surface area contributed by atoms with Gasteiger partial charge in [-0.05, 0) is 37.1 Å². The molecular formula is C12H15BrN2O. The summed E-state index contributed by atoms with van der Waals surface area (Å²) in [7, 11) is 0. The lowest BCUT2D eigenvalue weighted by Gasteiger charge is -2.37. The van der Waals surface area contributed by atoms with Crippen LogP contribution in [0.1, 0.15) is 31.9 Å². The maximum absolute atomic E-state index is 11.6. The number of hydrogen-bond donors (Lipinski definition) is 1. The minimum absolute atomic E-state index is 0.0121. The van der Waals surface area contributed by atoms with Crippen LogP contribution in [-0.4, -0.2) is 11.9 Å². The van der Waals surface area contributed by atoms with Crippen LogP contribution in [0.3, 0.4) is 0 Å². The Balaban J connectivity index is 2.54. The third-order valence-corrected chi connectivity index (χ3v) is 3.52. The van der Waals surface area contributed by atoms with Gasteiger partial charge in [-0.15, -0.1) is 0 Å². The van der Waals surface area contributed by atoms with Crippen molar-refractivity contribution in [3.63, 3.8) is 0 Å². The second kappa shape index (κ2) is 4.18. The summed E-state index contributed by atoms with van der Waals surface area (Å²) in [6.07, 6.45) is 0.809. The molecule has 2 atom stereocenters. The molecule has 1 heterocycles. The van der Waals surface area contributed by atoms with Gasteiger partial charge in [0.25, 0.3) is 0 Å². The van der Waals surface area contributed by atoms with E-state index in [1.54, 1.807) is 6.92 Å². The van der Waals surface area contributed by atoms with Crippen molar-refractivity contribution in [3.8, 4) is 0 Å². The molecule has 1 aromatic carbocycles. The van der Waals surface area contributed by atoms with Crippen LogP contribution in [0.4, 0.5) is 5.69 Å². The monoisotopic (exact) mass is 282 g/mol. The molecule has 0 spiro atoms. The molecule has 0 saturated carbocycles. The third kappa shape index (κ3) is 1.87. The minimum Gasteiger partial charge on any atom is -0.324 e. The van der Waals surface area contributed by atoms with Gasteiger partial charge in [0.1, 0.15) is 0 Å². The van der Waals surface area contributed by atoms with Crippen LogP contribution < -0.4 is 10.6 Å². The lowest BCUT2D eigenvalue weighted by Crippen LogP contribution is -2.43. The number of halogens is 1. The highest BCUT2D eigenvalue weighted by molar-refractivity contribution is 9.10. The Hall–Kier alpha value is -0.870. The molecule has 3 nitrogen and oxygen atoms in total. The van der Waals surface area contributed by atoms with Crippen LogP contribution in [0.5, 0.6) is 0 Å². The fourth-order valence-corrected chi connectivity index (χ4v) is 2.74. The van der Waals surface area contributed by atoms with E-state index in [0.29, 0.717) is 0 Å². The number of anilines is 1. The van der Waals surface area contributed by atoms with Gasteiger partial charge in [-0.3, -0.25) is 4.79 Å². The van der Waals surface area contributed by atoms with Crippen LogP contribution in [0.15, 0.2) is 22.7 Å². The van der Waals surface area contributed by atoms with Gasteiger partial charge in [0.2, 0.25) is 5.91 Å². The Morgan fingerprint density at radius 2 is 2.25 bits per heavy atom. The van der Waals surface area contributed by atoms with Crippen molar-refractivity contribution >= 4 is 27.5 Å². The van der Waals surface area contributed by atoms with E-state index in [-0.39, 0.29) is 18.0 Å². The van der Waals surface area contributed by atoms with E-state index in [0.717, 1.165) is 22.1 Å². The van der Waals surface area contributed by atoms with E-state index in [1.807, 2.05) is 30.0 Å². The van der Waals surface area contributed by atoms with Crippen LogP contribution in [0.2, 0.25) is 0 Å². The predicted molar refractivity (Wildman–Crippen MR) is 68.3 cm³/mol. The second-order valence-electron chi connectivity index (χ2n) is 4.28. The summed E-state index contributed by atoms with van der Waals surface area (Å²) in [5, 5.41) is 0. The fourth-order valence-electron chi connectivity index (χ4n) is 2.36. The number of nitrogens with two attached hydrogens (primary N) is 1. The highest BCUT2D eigenvalue weighted by Gasteiger charge is 2.30. The number of hydrogen-bond acceptors (Lipinski definition) is 2. The maximum atomic E-state index is 11.6. The number of rotatable bonds is 0. The zero-order valence-corrected chi connectivity index (χ0v) is 11.0. The van der Waals surface area contributed by atoms with Gasteiger partial charge in [0.15, 0.2) is 0 Å². The van der Waals surface area contributed by atoms with Crippen LogP contribution in [0.25, 0.3) is 0 Å². The molecule has 0 aromatic heterocycles. The predicted octanol–water partition coefficient (Wildman–Crippen LogP) is 2.59. The lowest BCUT2D eigenvalue weighted by atomic mass is 9.92. The number of nitrogens with zero attached hydrogens (tertiary/aromatic N) is 1. The maximum Gasteiger partial charge on any atom is 0.224 e. The molecule has 0 saturated heterocycles. The van der Waals surface area contributed by atoms with Crippen molar-refractivity contribution in [2.75, 3.05) is 4.90 Å². The van der Waals surface area contributed by atoms with Crippen molar-refractivity contribution in [1.29, 1.82) is 0 Å². The average Bonchev–Trinajstić information content (AvgIpc) is 2.18. The molecule has 4 heteroatoms. The number of fused-ring (bicyclic) bond motifs is 1. The van der Waals surface area contributed by atoms with Crippen molar-refractivity contribution < 1.29 is 4.79 Å². The smallest absolute Gasteiger partial charge is 0.224 e. The molecule has 0 unspecified atom stereocenters. The Bertz CT molecular complexity index is 433. The molecule has 1 aliphatic heterocycles. The number of benzene rings is 1. The highest BCUT2D eigenvalue weighted by Crippen LogP contribution is 2.37. The average molecular weight is 283 g/mol. The van der Waals surface area contributed by atoms with Crippen molar-refractivity contribution in [3.05, 3.63) is 28.2 Å². The first-order valence-corrected chi connectivity index (χ1v) is 6.15. The number of amides is 1. The summed E-state index contributed by atoms with van der Waals surface area (Å²) >= 11 is 3.43. The summed E-state index contributed by atoms with van der Waals surface area (Å²) in [4.78, 5) is 13.5. The Morgan fingerprint density at radius 1 is 1.56 bits per heavy atom. The molecule has 0 aliphatic carbocycles. The van der Waals surface area contributed by atoms with E-state index < -0.39 is 0 Å². The summed E-state index contributed by atoms with van der Waals surface area (Å²) in [5.74, 6) is 0.0722. The van der Waals surface area contributed by atoms with Gasteiger partial charge < -0.3 is 10.6 Å². The normalized spacial score (nSPS) is 24.1. The molecule has 0 radical (unpaired) electrons. The fraction of sp³-hybridized carbons (Fsp3) is 0.417. The molecule has 1 aromatic rings. The molecule has 1 amide bonds. The number of carbonyl (C=O) groups is 1. The lowest BCUT2D eigenvalue weighted by molar-refractivity contribution is -0.117. The van der Waals surface area contributed by atoms with E-state index in [1.165, 1.54) is 0 Å². The highest BCUT2D eigenvalue weighted by atomic mass is 79.9. The zero-order valence-electron chi connectivity index (χ0n) is 9.40. The quantitative estimate of drug-likeness (QED) is 0.795. The second-order valence-corrected chi connectivity index (χ2v) is 5.20. The van der Waals surface area contributed by atoms with Gasteiger partial charge in [0.05, 0.1) is 0 Å². The van der Waals surface area contributed by atoms with E-state index >= 15 is 0 Å². The SMILES string of the molecule is CC(=O)N1c2ccc(Br)cc2[C@@H](N)C[C@H]1C. The van der Waals surface area contributed by atoms with E-state index in [2.05, 4.69) is 15.9 Å². The summed E-state index contributed by atoms with van der Waals surface area (Å²) < 4.78 is 1.000. The first-order chi connectivity index (χ1) is 7.50. The van der Waals surface area contributed by atoms with Crippen molar-refractivity contribution in [1.82, 2.24) is 0 Å². The van der Waals surface area contributed by atoms with Crippen molar-refractivity contribution in [2.24, 2.45) is 5.73 Å². The van der Waals surface area contributed by atoms with Gasteiger partial charge in [-0.2, -0.15) is 0 Å². The molecule has 0 bridgehead atoms. The molecule has 86 valence electrons. The minimum atomic E-state index is 0.0121. The van der Waals surface area contributed by atoms with Crippen LogP contribution in [-0.2, 0) is 4.79 Å². The summed E-state index contributed by atoms with van der Waals surface area (Å²) in [5.41, 5.74) is 8.10. The Labute approximate surface area is 104 Å². The molecule has 1 aliphatic rings. The third-order valence-electron chi connectivity index (χ3n) is 3.02. The zero-order chi connectivity index (χ0) is 11.9. The topological polar surface area (TPSA) is 46.3 Å². The largest absolute Gasteiger partial charge is 0.324 e. The van der Waals surface area contributed by atoms with Gasteiger partial charge in [-0.1, -0.05) is 15.9 Å². The van der Waals surface area contributed by atoms with Gasteiger partial charge in [0, 0.05) is 29.2 Å².